The van der Waals surface area contributed by atoms with E-state index in [2.05, 4.69) is 16.6 Å². The van der Waals surface area contributed by atoms with Crippen molar-refractivity contribution >= 4 is 10.0 Å². The van der Waals surface area contributed by atoms with Gasteiger partial charge in [0, 0.05) is 11.6 Å². The molecule has 0 saturated heterocycles. The van der Waals surface area contributed by atoms with Gasteiger partial charge >= 0.3 is 0 Å². The number of rotatable bonds is 3. The summed E-state index contributed by atoms with van der Waals surface area (Å²) in [5.74, 6) is 2.74. The van der Waals surface area contributed by atoms with Crippen LogP contribution in [0.1, 0.15) is 25.3 Å². The van der Waals surface area contributed by atoms with E-state index in [4.69, 9.17) is 5.73 Å². The van der Waals surface area contributed by atoms with Crippen LogP contribution in [-0.4, -0.2) is 20.5 Å². The number of nitrogens with one attached hydrogen (secondary N) is 1. The summed E-state index contributed by atoms with van der Waals surface area (Å²) in [4.78, 5) is -0.632. The monoisotopic (exact) mass is 300 g/mol. The van der Waals surface area contributed by atoms with E-state index in [0.717, 1.165) is 6.07 Å². The van der Waals surface area contributed by atoms with Gasteiger partial charge in [-0.25, -0.2) is 21.9 Å². The summed E-state index contributed by atoms with van der Waals surface area (Å²) in [7, 11) is -4.10. The summed E-state index contributed by atoms with van der Waals surface area (Å²) in [5.41, 5.74) is 4.41. The van der Waals surface area contributed by atoms with Crippen LogP contribution in [0.25, 0.3) is 0 Å². The third-order valence-corrected chi connectivity index (χ3v) is 4.70. The standard InChI is InChI=1S/C13H14F2N2O2S/c1-13(4-5-13)17-20(18,19)12-9(3-2-6-16)7-10(14)8-11(12)15/h7-8,17H,4-6,16H2,1H3. The van der Waals surface area contributed by atoms with Crippen molar-refractivity contribution in [2.75, 3.05) is 6.54 Å². The van der Waals surface area contributed by atoms with E-state index in [0.29, 0.717) is 18.9 Å². The molecule has 1 aromatic carbocycles. The van der Waals surface area contributed by atoms with Crippen molar-refractivity contribution in [3.05, 3.63) is 29.3 Å². The van der Waals surface area contributed by atoms with Crippen LogP contribution < -0.4 is 10.5 Å². The van der Waals surface area contributed by atoms with Crippen molar-refractivity contribution in [3.63, 3.8) is 0 Å². The van der Waals surface area contributed by atoms with Crippen molar-refractivity contribution in [1.82, 2.24) is 4.72 Å². The molecular weight excluding hydrogens is 286 g/mol. The minimum atomic E-state index is -4.10. The lowest BCUT2D eigenvalue weighted by atomic mass is 10.2. The number of hydrogen-bond donors (Lipinski definition) is 2. The molecule has 0 unspecified atom stereocenters. The first-order chi connectivity index (χ1) is 9.27. The molecule has 0 aliphatic heterocycles. The molecule has 1 aliphatic carbocycles. The molecule has 108 valence electrons. The molecule has 7 heteroatoms. The zero-order valence-electron chi connectivity index (χ0n) is 10.8. The van der Waals surface area contributed by atoms with E-state index >= 15 is 0 Å². The second-order valence-electron chi connectivity index (χ2n) is 4.94. The van der Waals surface area contributed by atoms with Gasteiger partial charge in [0.05, 0.1) is 12.1 Å². The number of nitrogens with two attached hydrogens (primary N) is 1. The van der Waals surface area contributed by atoms with Crippen LogP contribution in [0.15, 0.2) is 17.0 Å². The third-order valence-electron chi connectivity index (χ3n) is 2.98. The molecule has 0 aromatic heterocycles. The Bertz CT molecular complexity index is 701. The summed E-state index contributed by atoms with van der Waals surface area (Å²) in [6, 6.07) is 1.41. The van der Waals surface area contributed by atoms with Crippen LogP contribution in [0.2, 0.25) is 0 Å². The molecule has 1 aliphatic rings. The molecule has 0 amide bonds. The summed E-state index contributed by atoms with van der Waals surface area (Å²) in [6.07, 6.45) is 1.36. The van der Waals surface area contributed by atoms with Crippen LogP contribution >= 0.6 is 0 Å². The van der Waals surface area contributed by atoms with Gasteiger partial charge in [0.15, 0.2) is 0 Å². The maximum atomic E-state index is 13.9. The summed E-state index contributed by atoms with van der Waals surface area (Å²) < 4.78 is 54.0. The summed E-state index contributed by atoms with van der Waals surface area (Å²) in [6.45, 7) is 1.68. The van der Waals surface area contributed by atoms with Gasteiger partial charge in [-0.3, -0.25) is 0 Å². The van der Waals surface area contributed by atoms with Gasteiger partial charge in [0.2, 0.25) is 10.0 Å². The lowest BCUT2D eigenvalue weighted by Gasteiger charge is -2.14. The highest BCUT2D eigenvalue weighted by molar-refractivity contribution is 7.89. The van der Waals surface area contributed by atoms with Gasteiger partial charge in [-0.15, -0.1) is 0 Å². The molecule has 0 bridgehead atoms. The lowest BCUT2D eigenvalue weighted by Crippen LogP contribution is -2.35. The first-order valence-electron chi connectivity index (χ1n) is 5.99. The van der Waals surface area contributed by atoms with E-state index in [-0.39, 0.29) is 12.1 Å². The Morgan fingerprint density at radius 1 is 1.40 bits per heavy atom. The molecule has 0 heterocycles. The Kier molecular flexibility index (Phi) is 3.82. The zero-order valence-corrected chi connectivity index (χ0v) is 11.7. The van der Waals surface area contributed by atoms with Crippen molar-refractivity contribution in [2.24, 2.45) is 5.73 Å². The molecule has 3 N–H and O–H groups in total. The van der Waals surface area contributed by atoms with Crippen molar-refractivity contribution in [2.45, 2.75) is 30.2 Å². The Morgan fingerprint density at radius 3 is 2.60 bits per heavy atom. The highest BCUT2D eigenvalue weighted by atomic mass is 32.2. The largest absolute Gasteiger partial charge is 0.320 e. The molecule has 0 spiro atoms. The first-order valence-corrected chi connectivity index (χ1v) is 7.48. The van der Waals surface area contributed by atoms with Crippen LogP contribution in [0, 0.1) is 23.5 Å². The fraction of sp³-hybridized carbons (Fsp3) is 0.385. The second kappa shape index (κ2) is 5.13. The highest BCUT2D eigenvalue weighted by Crippen LogP contribution is 2.36. The molecular formula is C13H14F2N2O2S. The molecule has 1 fully saturated rings. The van der Waals surface area contributed by atoms with Crippen LogP contribution in [0.3, 0.4) is 0 Å². The number of sulfonamides is 1. The maximum absolute atomic E-state index is 13.9. The van der Waals surface area contributed by atoms with Crippen molar-refractivity contribution in [1.29, 1.82) is 0 Å². The Morgan fingerprint density at radius 2 is 2.05 bits per heavy atom. The molecule has 20 heavy (non-hydrogen) atoms. The quantitative estimate of drug-likeness (QED) is 0.821. The first kappa shape index (κ1) is 14.9. The lowest BCUT2D eigenvalue weighted by molar-refractivity contribution is 0.531. The molecule has 1 saturated carbocycles. The maximum Gasteiger partial charge on any atom is 0.245 e. The van der Waals surface area contributed by atoms with Crippen molar-refractivity contribution < 1.29 is 17.2 Å². The van der Waals surface area contributed by atoms with Gasteiger partial charge in [-0.05, 0) is 25.8 Å². The predicted octanol–water partition coefficient (Wildman–Crippen LogP) is 1.11. The van der Waals surface area contributed by atoms with Crippen molar-refractivity contribution in [3.8, 4) is 11.8 Å². The fourth-order valence-corrected chi connectivity index (χ4v) is 3.41. The summed E-state index contributed by atoms with van der Waals surface area (Å²) in [5, 5.41) is 0. The molecule has 0 atom stereocenters. The second-order valence-corrected chi connectivity index (χ2v) is 6.56. The minimum absolute atomic E-state index is 0.0389. The van der Waals surface area contributed by atoms with E-state index in [9.17, 15) is 17.2 Å². The number of hydrogen-bond acceptors (Lipinski definition) is 3. The zero-order chi connectivity index (χ0) is 15.0. The smallest absolute Gasteiger partial charge is 0.245 e. The molecule has 2 rings (SSSR count). The normalized spacial score (nSPS) is 16.4. The fourth-order valence-electron chi connectivity index (χ4n) is 1.74. The SMILES string of the molecule is CC1(NS(=O)(=O)c2c(F)cc(F)cc2C#CCN)CC1. The Balaban J connectivity index is 2.54. The topological polar surface area (TPSA) is 72.2 Å². The van der Waals surface area contributed by atoms with Gasteiger partial charge in [0.25, 0.3) is 0 Å². The number of halogens is 2. The highest BCUT2D eigenvalue weighted by Gasteiger charge is 2.42. The summed E-state index contributed by atoms with van der Waals surface area (Å²) >= 11 is 0. The molecule has 0 radical (unpaired) electrons. The van der Waals surface area contributed by atoms with Crippen LogP contribution in [0.5, 0.6) is 0 Å². The molecule has 1 aromatic rings. The van der Waals surface area contributed by atoms with Gasteiger partial charge in [-0.1, -0.05) is 11.8 Å². The minimum Gasteiger partial charge on any atom is -0.320 e. The predicted molar refractivity (Wildman–Crippen MR) is 70.3 cm³/mol. The van der Waals surface area contributed by atoms with Gasteiger partial charge in [0.1, 0.15) is 16.5 Å². The average molecular weight is 300 g/mol. The Labute approximate surface area is 116 Å². The van der Waals surface area contributed by atoms with Crippen LogP contribution in [-0.2, 0) is 10.0 Å². The number of benzene rings is 1. The van der Waals surface area contributed by atoms with Gasteiger partial charge < -0.3 is 5.73 Å². The van der Waals surface area contributed by atoms with E-state index in [1.165, 1.54) is 0 Å². The van der Waals surface area contributed by atoms with Gasteiger partial charge in [-0.2, -0.15) is 0 Å². The van der Waals surface area contributed by atoms with Crippen LogP contribution in [0.4, 0.5) is 8.78 Å². The average Bonchev–Trinajstić information content (AvgIpc) is 3.01. The Hall–Kier alpha value is -1.49. The van der Waals surface area contributed by atoms with E-state index in [1.54, 1.807) is 6.92 Å². The van der Waals surface area contributed by atoms with E-state index in [1.807, 2.05) is 0 Å². The molecule has 4 nitrogen and oxygen atoms in total. The van der Waals surface area contributed by atoms with E-state index < -0.39 is 32.1 Å². The third kappa shape index (κ3) is 3.15.